The summed E-state index contributed by atoms with van der Waals surface area (Å²) in [6, 6.07) is 3.62. The summed E-state index contributed by atoms with van der Waals surface area (Å²) < 4.78 is 5.03. The first-order valence-electron chi connectivity index (χ1n) is 6.90. The van der Waals surface area contributed by atoms with E-state index in [1.54, 1.807) is 19.4 Å². The molecule has 0 radical (unpaired) electrons. The highest BCUT2D eigenvalue weighted by Crippen LogP contribution is 2.20. The maximum Gasteiger partial charge on any atom is 0.254 e. The monoisotopic (exact) mass is 271 g/mol. The summed E-state index contributed by atoms with van der Waals surface area (Å²) in [6.07, 6.45) is 6.72. The molecule has 0 unspecified atom stereocenters. The molecule has 0 aliphatic heterocycles. The average Bonchev–Trinajstić information content (AvgIpc) is 2.73. The van der Waals surface area contributed by atoms with Crippen LogP contribution in [0.2, 0.25) is 0 Å². The molecular formula is C15H17N3O2. The van der Waals surface area contributed by atoms with E-state index in [-0.39, 0.29) is 5.56 Å². The van der Waals surface area contributed by atoms with Gasteiger partial charge in [0.05, 0.1) is 12.8 Å². The standard InChI is InChI=1S/C15H17N3O2/c1-20-13-8-7-10(9-16-13)14-17-12-6-4-2-3-5-11(12)15(19)18-14/h7-9H,2-6H2,1H3,(H,17,18,19). The van der Waals surface area contributed by atoms with Gasteiger partial charge in [0.15, 0.2) is 0 Å². The van der Waals surface area contributed by atoms with E-state index in [1.165, 1.54) is 0 Å². The molecule has 0 amide bonds. The molecular weight excluding hydrogens is 254 g/mol. The van der Waals surface area contributed by atoms with Gasteiger partial charge in [-0.05, 0) is 31.7 Å². The lowest BCUT2D eigenvalue weighted by atomic mass is 10.1. The molecule has 2 aromatic heterocycles. The molecule has 2 aromatic rings. The first kappa shape index (κ1) is 12.8. The molecule has 5 heteroatoms. The van der Waals surface area contributed by atoms with Crippen LogP contribution < -0.4 is 10.3 Å². The maximum absolute atomic E-state index is 12.2. The molecule has 5 nitrogen and oxygen atoms in total. The molecule has 1 aliphatic carbocycles. The van der Waals surface area contributed by atoms with Crippen molar-refractivity contribution in [3.63, 3.8) is 0 Å². The Balaban J connectivity index is 2.03. The lowest BCUT2D eigenvalue weighted by Gasteiger charge is -2.07. The van der Waals surface area contributed by atoms with Crippen LogP contribution in [0.1, 0.15) is 30.5 Å². The fraction of sp³-hybridized carbons (Fsp3) is 0.400. The van der Waals surface area contributed by atoms with E-state index >= 15 is 0 Å². The molecule has 0 saturated carbocycles. The van der Waals surface area contributed by atoms with Crippen LogP contribution >= 0.6 is 0 Å². The molecule has 0 spiro atoms. The summed E-state index contributed by atoms with van der Waals surface area (Å²) in [5.74, 6) is 1.14. The number of hydrogen-bond acceptors (Lipinski definition) is 4. The van der Waals surface area contributed by atoms with Crippen LogP contribution in [0.4, 0.5) is 0 Å². The summed E-state index contributed by atoms with van der Waals surface area (Å²) in [4.78, 5) is 23.8. The smallest absolute Gasteiger partial charge is 0.254 e. The predicted molar refractivity (Wildman–Crippen MR) is 75.9 cm³/mol. The summed E-state index contributed by atoms with van der Waals surface area (Å²) in [6.45, 7) is 0. The first-order chi connectivity index (χ1) is 9.78. The normalized spacial score (nSPS) is 14.4. The molecule has 3 rings (SSSR count). The van der Waals surface area contributed by atoms with Crippen LogP contribution in [0, 0.1) is 0 Å². The van der Waals surface area contributed by atoms with Crippen LogP contribution in [-0.2, 0) is 12.8 Å². The molecule has 104 valence electrons. The van der Waals surface area contributed by atoms with Gasteiger partial charge in [-0.15, -0.1) is 0 Å². The van der Waals surface area contributed by atoms with Gasteiger partial charge in [-0.1, -0.05) is 6.42 Å². The number of aromatic amines is 1. The molecule has 0 saturated heterocycles. The van der Waals surface area contributed by atoms with Gasteiger partial charge in [-0.2, -0.15) is 0 Å². The Morgan fingerprint density at radius 1 is 1.20 bits per heavy atom. The second kappa shape index (κ2) is 5.45. The molecule has 20 heavy (non-hydrogen) atoms. The summed E-state index contributed by atoms with van der Waals surface area (Å²) >= 11 is 0. The number of rotatable bonds is 2. The predicted octanol–water partition coefficient (Wildman–Crippen LogP) is 2.11. The number of aryl methyl sites for hydroxylation is 1. The van der Waals surface area contributed by atoms with Crippen molar-refractivity contribution in [2.24, 2.45) is 0 Å². The topological polar surface area (TPSA) is 67.9 Å². The zero-order valence-corrected chi connectivity index (χ0v) is 11.5. The Morgan fingerprint density at radius 3 is 2.80 bits per heavy atom. The third-order valence-electron chi connectivity index (χ3n) is 3.66. The van der Waals surface area contributed by atoms with Gasteiger partial charge in [-0.3, -0.25) is 4.79 Å². The Morgan fingerprint density at radius 2 is 2.05 bits per heavy atom. The zero-order valence-electron chi connectivity index (χ0n) is 11.5. The van der Waals surface area contributed by atoms with Crippen molar-refractivity contribution >= 4 is 0 Å². The summed E-state index contributed by atoms with van der Waals surface area (Å²) in [5.41, 5.74) is 2.59. The Kier molecular flexibility index (Phi) is 3.50. The minimum Gasteiger partial charge on any atom is -0.481 e. The molecule has 1 aliphatic rings. The largest absolute Gasteiger partial charge is 0.481 e. The highest BCUT2D eigenvalue weighted by molar-refractivity contribution is 5.54. The Labute approximate surface area is 117 Å². The molecule has 0 bridgehead atoms. The Hall–Kier alpha value is -2.17. The van der Waals surface area contributed by atoms with Gasteiger partial charge in [0.25, 0.3) is 5.56 Å². The van der Waals surface area contributed by atoms with Crippen molar-refractivity contribution < 1.29 is 4.74 Å². The number of pyridine rings is 1. The molecule has 0 atom stereocenters. The zero-order chi connectivity index (χ0) is 13.9. The number of H-pyrrole nitrogens is 1. The number of nitrogens with zero attached hydrogens (tertiary/aromatic N) is 2. The fourth-order valence-corrected chi connectivity index (χ4v) is 2.56. The van der Waals surface area contributed by atoms with Crippen LogP contribution in [0.5, 0.6) is 5.88 Å². The Bertz CT molecular complexity index is 662. The molecule has 1 N–H and O–H groups in total. The van der Waals surface area contributed by atoms with Gasteiger partial charge in [0.1, 0.15) is 5.82 Å². The number of ether oxygens (including phenoxy) is 1. The van der Waals surface area contributed by atoms with E-state index in [0.29, 0.717) is 11.7 Å². The third kappa shape index (κ3) is 2.43. The SMILES string of the molecule is COc1ccc(-c2nc3c(c(=O)[nH]2)CCCCC3)cn1. The third-order valence-corrected chi connectivity index (χ3v) is 3.66. The number of methoxy groups -OCH3 is 1. The second-order valence-corrected chi connectivity index (χ2v) is 4.99. The van der Waals surface area contributed by atoms with Crippen LogP contribution in [0.3, 0.4) is 0 Å². The second-order valence-electron chi connectivity index (χ2n) is 4.99. The van der Waals surface area contributed by atoms with Crippen molar-refractivity contribution in [3.05, 3.63) is 39.9 Å². The first-order valence-corrected chi connectivity index (χ1v) is 6.90. The van der Waals surface area contributed by atoms with E-state index in [0.717, 1.165) is 48.9 Å². The number of fused-ring (bicyclic) bond motifs is 1. The van der Waals surface area contributed by atoms with E-state index in [9.17, 15) is 4.79 Å². The van der Waals surface area contributed by atoms with Crippen LogP contribution in [-0.4, -0.2) is 22.1 Å². The highest BCUT2D eigenvalue weighted by Gasteiger charge is 2.15. The highest BCUT2D eigenvalue weighted by atomic mass is 16.5. The van der Waals surface area contributed by atoms with Crippen LogP contribution in [0.15, 0.2) is 23.1 Å². The molecule has 2 heterocycles. The van der Waals surface area contributed by atoms with Gasteiger partial charge in [0.2, 0.25) is 5.88 Å². The van der Waals surface area contributed by atoms with E-state index in [2.05, 4.69) is 15.0 Å². The van der Waals surface area contributed by atoms with E-state index in [4.69, 9.17) is 4.74 Å². The molecule has 0 fully saturated rings. The fourth-order valence-electron chi connectivity index (χ4n) is 2.56. The number of aromatic nitrogens is 3. The van der Waals surface area contributed by atoms with Crippen molar-refractivity contribution in [2.75, 3.05) is 7.11 Å². The average molecular weight is 271 g/mol. The van der Waals surface area contributed by atoms with E-state index in [1.807, 2.05) is 6.07 Å². The lowest BCUT2D eigenvalue weighted by Crippen LogP contribution is -2.18. The summed E-state index contributed by atoms with van der Waals surface area (Å²) in [7, 11) is 1.57. The van der Waals surface area contributed by atoms with Crippen molar-refractivity contribution in [2.45, 2.75) is 32.1 Å². The minimum absolute atomic E-state index is 0.0114. The number of hydrogen-bond donors (Lipinski definition) is 1. The minimum atomic E-state index is -0.0114. The van der Waals surface area contributed by atoms with Gasteiger partial charge >= 0.3 is 0 Å². The summed E-state index contributed by atoms with van der Waals surface area (Å²) in [5, 5.41) is 0. The lowest BCUT2D eigenvalue weighted by molar-refractivity contribution is 0.398. The maximum atomic E-state index is 12.2. The van der Waals surface area contributed by atoms with E-state index < -0.39 is 0 Å². The van der Waals surface area contributed by atoms with Crippen molar-refractivity contribution in [1.29, 1.82) is 0 Å². The van der Waals surface area contributed by atoms with Gasteiger partial charge < -0.3 is 9.72 Å². The van der Waals surface area contributed by atoms with Gasteiger partial charge in [-0.25, -0.2) is 9.97 Å². The quantitative estimate of drug-likeness (QED) is 0.849. The molecule has 0 aromatic carbocycles. The van der Waals surface area contributed by atoms with Crippen molar-refractivity contribution in [1.82, 2.24) is 15.0 Å². The van der Waals surface area contributed by atoms with Crippen molar-refractivity contribution in [3.8, 4) is 17.3 Å². The van der Waals surface area contributed by atoms with Crippen LogP contribution in [0.25, 0.3) is 11.4 Å². The van der Waals surface area contributed by atoms with Gasteiger partial charge in [0, 0.05) is 23.4 Å². The number of nitrogens with one attached hydrogen (secondary N) is 1.